The topological polar surface area (TPSA) is 135 Å². The summed E-state index contributed by atoms with van der Waals surface area (Å²) < 4.78 is 28.8. The van der Waals surface area contributed by atoms with Crippen molar-refractivity contribution in [3.8, 4) is 34.4 Å². The highest BCUT2D eigenvalue weighted by atomic mass is 16.5. The van der Waals surface area contributed by atoms with Gasteiger partial charge in [0.2, 0.25) is 5.75 Å². The fourth-order valence-corrected chi connectivity index (χ4v) is 5.82. The Morgan fingerprint density at radius 3 is 1.98 bits per heavy atom. The molecule has 1 heterocycles. The molecule has 0 aliphatic rings. The van der Waals surface area contributed by atoms with Crippen LogP contribution in [0.25, 0.3) is 22.0 Å². The summed E-state index contributed by atoms with van der Waals surface area (Å²) in [6, 6.07) is 7.90. The fraction of sp³-hybridized carbons (Fsp3) is 0.514. The molecular weight excluding hydrogens is 574 g/mol. The molecule has 0 saturated carbocycles. The van der Waals surface area contributed by atoms with Gasteiger partial charge in [-0.15, -0.1) is 0 Å². The first-order valence-electron chi connectivity index (χ1n) is 15.8. The Morgan fingerprint density at radius 2 is 1.44 bits per heavy atom. The second-order valence-corrected chi connectivity index (χ2v) is 10.8. The van der Waals surface area contributed by atoms with Crippen molar-refractivity contribution in [2.24, 2.45) is 0 Å². The van der Waals surface area contributed by atoms with Crippen molar-refractivity contribution in [3.05, 3.63) is 35.0 Å². The van der Waals surface area contributed by atoms with Crippen LogP contribution in [0.2, 0.25) is 0 Å². The van der Waals surface area contributed by atoms with Gasteiger partial charge in [0.1, 0.15) is 12.6 Å². The van der Waals surface area contributed by atoms with Crippen LogP contribution in [0.5, 0.6) is 17.2 Å². The van der Waals surface area contributed by atoms with E-state index in [0.717, 1.165) is 24.8 Å². The first-order chi connectivity index (χ1) is 21.8. The molecule has 0 fully saturated rings. The number of methoxy groups -OCH3 is 3. The van der Waals surface area contributed by atoms with E-state index >= 15 is 0 Å². The highest BCUT2D eigenvalue weighted by Crippen LogP contribution is 2.45. The van der Waals surface area contributed by atoms with Gasteiger partial charge in [0.15, 0.2) is 17.2 Å². The molecule has 1 aromatic heterocycles. The van der Waals surface area contributed by atoms with Crippen molar-refractivity contribution in [2.45, 2.75) is 85.1 Å². The minimum absolute atomic E-state index is 0.0106. The first kappa shape index (κ1) is 35.1. The van der Waals surface area contributed by atoms with Gasteiger partial charge in [0.25, 0.3) is 0 Å². The number of fused-ring (bicyclic) bond motifs is 1. The number of anilines is 1. The second kappa shape index (κ2) is 17.2. The van der Waals surface area contributed by atoms with Gasteiger partial charge in [-0.2, -0.15) is 5.26 Å². The number of unbranched alkanes of at least 4 members (excludes halogenated alkanes) is 7. The SMILES string of the molecule is CCCCCCCCCCc1cc2c(N)c(C(=O)OCC)n(CC(=O)OCC)c2c(C#N)c1-c1cc(OC)c(OC)c(OC)c1. The summed E-state index contributed by atoms with van der Waals surface area (Å²) in [6.07, 6.45) is 9.89. The monoisotopic (exact) mass is 621 g/mol. The van der Waals surface area contributed by atoms with Crippen LogP contribution in [0.4, 0.5) is 5.69 Å². The number of nitrogens with two attached hydrogens (primary N) is 1. The molecule has 10 heteroatoms. The van der Waals surface area contributed by atoms with E-state index < -0.39 is 11.9 Å². The van der Waals surface area contributed by atoms with E-state index in [2.05, 4.69) is 13.0 Å². The molecule has 0 unspecified atom stereocenters. The van der Waals surface area contributed by atoms with Crippen molar-refractivity contribution >= 4 is 28.5 Å². The predicted molar refractivity (Wildman–Crippen MR) is 175 cm³/mol. The van der Waals surface area contributed by atoms with Gasteiger partial charge in [-0.1, -0.05) is 51.9 Å². The third-order valence-corrected chi connectivity index (χ3v) is 7.89. The van der Waals surface area contributed by atoms with E-state index in [1.165, 1.54) is 58.0 Å². The van der Waals surface area contributed by atoms with Crippen LogP contribution in [0.1, 0.15) is 93.8 Å². The third kappa shape index (κ3) is 8.01. The van der Waals surface area contributed by atoms with Crippen molar-refractivity contribution in [2.75, 3.05) is 40.3 Å². The van der Waals surface area contributed by atoms with Gasteiger partial charge >= 0.3 is 11.9 Å². The quantitative estimate of drug-likeness (QED) is 0.115. The molecule has 3 aromatic rings. The molecular formula is C35H47N3O7. The van der Waals surface area contributed by atoms with Crippen LogP contribution in [-0.4, -0.2) is 51.0 Å². The molecule has 2 N–H and O–H groups in total. The Bertz CT molecular complexity index is 1500. The average Bonchev–Trinajstić information content (AvgIpc) is 3.31. The number of nitrogens with zero attached hydrogens (tertiary/aromatic N) is 2. The number of aromatic nitrogens is 1. The lowest BCUT2D eigenvalue weighted by Crippen LogP contribution is -2.20. The van der Waals surface area contributed by atoms with Gasteiger partial charge < -0.3 is 34.0 Å². The molecule has 0 bridgehead atoms. The third-order valence-electron chi connectivity index (χ3n) is 7.89. The molecule has 45 heavy (non-hydrogen) atoms. The summed E-state index contributed by atoms with van der Waals surface area (Å²) in [6.45, 7) is 5.56. The maximum absolute atomic E-state index is 13.2. The second-order valence-electron chi connectivity index (χ2n) is 10.8. The molecule has 2 aromatic carbocycles. The largest absolute Gasteiger partial charge is 0.493 e. The minimum atomic E-state index is -0.682. The van der Waals surface area contributed by atoms with E-state index in [1.54, 1.807) is 26.0 Å². The van der Waals surface area contributed by atoms with E-state index in [0.29, 0.717) is 45.7 Å². The molecule has 0 aliphatic heterocycles. The Hall–Kier alpha value is -4.39. The molecule has 0 amide bonds. The summed E-state index contributed by atoms with van der Waals surface area (Å²) >= 11 is 0. The Balaban J connectivity index is 2.30. The zero-order chi connectivity index (χ0) is 32.9. The van der Waals surface area contributed by atoms with Crippen LogP contribution in [0.3, 0.4) is 0 Å². The number of esters is 2. The summed E-state index contributed by atoms with van der Waals surface area (Å²) in [4.78, 5) is 26.0. The standard InChI is InChI=1S/C35H47N3O7/c1-7-10-11-12-13-14-15-16-17-23-18-25-31(37)33(35(40)45-9-3)38(22-29(39)44-8-2)32(25)26(21-36)30(23)24-19-27(41-4)34(43-6)28(20-24)42-5/h18-20H,7-17,22,37H2,1-6H3. The van der Waals surface area contributed by atoms with Gasteiger partial charge in [-0.05, 0) is 56.0 Å². The van der Waals surface area contributed by atoms with E-state index in [-0.39, 0.29) is 36.7 Å². The van der Waals surface area contributed by atoms with Crippen LogP contribution in [0.15, 0.2) is 18.2 Å². The van der Waals surface area contributed by atoms with Gasteiger partial charge in [0, 0.05) is 10.9 Å². The van der Waals surface area contributed by atoms with Crippen molar-refractivity contribution in [1.82, 2.24) is 4.57 Å². The molecule has 0 radical (unpaired) electrons. The van der Waals surface area contributed by atoms with Gasteiger partial charge in [0.05, 0.1) is 51.3 Å². The predicted octanol–water partition coefficient (Wildman–Crippen LogP) is 7.21. The molecule has 0 saturated heterocycles. The van der Waals surface area contributed by atoms with Crippen molar-refractivity contribution in [1.29, 1.82) is 5.26 Å². The van der Waals surface area contributed by atoms with E-state index in [9.17, 15) is 14.9 Å². The normalized spacial score (nSPS) is 10.9. The number of hydrogen-bond donors (Lipinski definition) is 1. The Labute approximate surface area is 266 Å². The van der Waals surface area contributed by atoms with Crippen LogP contribution in [-0.2, 0) is 27.2 Å². The lowest BCUT2D eigenvalue weighted by atomic mass is 9.89. The number of nitrogen functional groups attached to an aromatic ring is 1. The first-order valence-corrected chi connectivity index (χ1v) is 15.8. The number of carbonyl (C=O) groups excluding carboxylic acids is 2. The summed E-state index contributed by atoms with van der Waals surface area (Å²) in [5.74, 6) is 0.0389. The highest BCUT2D eigenvalue weighted by molar-refractivity contribution is 6.10. The smallest absolute Gasteiger partial charge is 0.357 e. The average molecular weight is 622 g/mol. The zero-order valence-electron chi connectivity index (χ0n) is 27.5. The summed E-state index contributed by atoms with van der Waals surface area (Å²) in [7, 11) is 4.60. The molecule has 3 rings (SSSR count). The van der Waals surface area contributed by atoms with Gasteiger partial charge in [-0.3, -0.25) is 4.79 Å². The molecule has 0 atom stereocenters. The lowest BCUT2D eigenvalue weighted by Gasteiger charge is -2.19. The molecule has 244 valence electrons. The van der Waals surface area contributed by atoms with Crippen molar-refractivity contribution in [3.63, 3.8) is 0 Å². The fourth-order valence-electron chi connectivity index (χ4n) is 5.82. The number of hydrogen-bond acceptors (Lipinski definition) is 9. The highest BCUT2D eigenvalue weighted by Gasteiger charge is 2.29. The number of carbonyl (C=O) groups is 2. The van der Waals surface area contributed by atoms with Crippen molar-refractivity contribution < 1.29 is 33.3 Å². The molecule has 0 spiro atoms. The Kier molecular flexibility index (Phi) is 13.4. The summed E-state index contributed by atoms with van der Waals surface area (Å²) in [5.41, 5.74) is 9.60. The number of ether oxygens (including phenoxy) is 5. The Morgan fingerprint density at radius 1 is 0.844 bits per heavy atom. The van der Waals surface area contributed by atoms with E-state index in [4.69, 9.17) is 29.4 Å². The number of nitriles is 1. The molecule has 10 nitrogen and oxygen atoms in total. The zero-order valence-corrected chi connectivity index (χ0v) is 27.5. The van der Waals surface area contributed by atoms with Crippen LogP contribution >= 0.6 is 0 Å². The number of aryl methyl sites for hydroxylation is 1. The maximum Gasteiger partial charge on any atom is 0.357 e. The minimum Gasteiger partial charge on any atom is -0.493 e. The van der Waals surface area contributed by atoms with Gasteiger partial charge in [-0.25, -0.2) is 4.79 Å². The number of benzene rings is 2. The maximum atomic E-state index is 13.2. The van der Waals surface area contributed by atoms with Crippen LogP contribution in [0, 0.1) is 11.3 Å². The lowest BCUT2D eigenvalue weighted by molar-refractivity contribution is -0.143. The summed E-state index contributed by atoms with van der Waals surface area (Å²) in [5, 5.41) is 11.3. The van der Waals surface area contributed by atoms with E-state index in [1.807, 2.05) is 6.07 Å². The molecule has 0 aliphatic carbocycles. The number of rotatable bonds is 18. The van der Waals surface area contributed by atoms with Crippen LogP contribution < -0.4 is 19.9 Å².